The van der Waals surface area contributed by atoms with E-state index in [1.807, 2.05) is 6.07 Å². The fraction of sp³-hybridized carbons (Fsp3) is 0.364. The van der Waals surface area contributed by atoms with E-state index in [2.05, 4.69) is 44.8 Å². The van der Waals surface area contributed by atoms with E-state index in [0.717, 1.165) is 25.5 Å². The van der Waals surface area contributed by atoms with Crippen LogP contribution in [0.3, 0.4) is 0 Å². The summed E-state index contributed by atoms with van der Waals surface area (Å²) in [6.07, 6.45) is 1.10. The number of nitrogens with one attached hydrogen (secondary N) is 2. The highest BCUT2D eigenvalue weighted by molar-refractivity contribution is 14.0. The van der Waals surface area contributed by atoms with Crippen molar-refractivity contribution in [3.8, 4) is 0 Å². The molecule has 2 aromatic carbocycles. The van der Waals surface area contributed by atoms with Gasteiger partial charge in [0.25, 0.3) is 5.91 Å². The molecule has 5 nitrogen and oxygen atoms in total. The summed E-state index contributed by atoms with van der Waals surface area (Å²) in [5.74, 6) is 0.708. The van der Waals surface area contributed by atoms with Crippen LogP contribution in [0.5, 0.6) is 0 Å². The van der Waals surface area contributed by atoms with E-state index in [1.165, 1.54) is 11.6 Å². The number of carbonyl (C=O) groups excluding carboxylic acids is 1. The van der Waals surface area contributed by atoms with E-state index in [-0.39, 0.29) is 35.7 Å². The third kappa shape index (κ3) is 6.16. The summed E-state index contributed by atoms with van der Waals surface area (Å²) in [5.41, 5.74) is 2.22. The number of guanidine groups is 1. The number of aliphatic imine (C=N–C) groups is 1. The average Bonchev–Trinajstić information content (AvgIpc) is 3.20. The summed E-state index contributed by atoms with van der Waals surface area (Å²) >= 11 is 0. The monoisotopic (exact) mass is 510 g/mol. The molecule has 0 aliphatic carbocycles. The van der Waals surface area contributed by atoms with Gasteiger partial charge in [0.15, 0.2) is 5.96 Å². The Kier molecular flexibility index (Phi) is 8.88. The number of hydrogen-bond acceptors (Lipinski definition) is 2. The molecule has 2 aromatic rings. The quantitative estimate of drug-likeness (QED) is 0.280. The Morgan fingerprint density at radius 3 is 2.59 bits per heavy atom. The molecule has 1 aliphatic heterocycles. The highest BCUT2D eigenvalue weighted by Crippen LogP contribution is 2.26. The molecule has 0 bridgehead atoms. The summed E-state index contributed by atoms with van der Waals surface area (Å²) in [6.45, 7) is 4.54. The first kappa shape index (κ1) is 23.1. The van der Waals surface area contributed by atoms with Gasteiger partial charge < -0.3 is 15.5 Å². The van der Waals surface area contributed by atoms with Crippen LogP contribution in [-0.2, 0) is 0 Å². The Balaban J connectivity index is 0.00000300. The smallest absolute Gasteiger partial charge is 0.251 e. The topological polar surface area (TPSA) is 56.7 Å². The molecule has 0 saturated carbocycles. The van der Waals surface area contributed by atoms with Gasteiger partial charge >= 0.3 is 0 Å². The van der Waals surface area contributed by atoms with E-state index in [9.17, 15) is 9.18 Å². The Morgan fingerprint density at radius 1 is 1.17 bits per heavy atom. The molecule has 156 valence electrons. The van der Waals surface area contributed by atoms with Crippen molar-refractivity contribution in [2.24, 2.45) is 4.99 Å². The van der Waals surface area contributed by atoms with E-state index < -0.39 is 0 Å². The van der Waals surface area contributed by atoms with Gasteiger partial charge in [0.1, 0.15) is 5.82 Å². The molecule has 0 aromatic heterocycles. The van der Waals surface area contributed by atoms with Crippen LogP contribution in [0.2, 0.25) is 0 Å². The molecular weight excluding hydrogens is 482 g/mol. The van der Waals surface area contributed by atoms with Crippen LogP contribution >= 0.6 is 24.0 Å². The minimum atomic E-state index is -0.367. The van der Waals surface area contributed by atoms with Gasteiger partial charge in [0.2, 0.25) is 0 Å². The second kappa shape index (κ2) is 11.1. The minimum absolute atomic E-state index is 0. The van der Waals surface area contributed by atoms with Crippen LogP contribution in [-0.4, -0.2) is 50.0 Å². The van der Waals surface area contributed by atoms with Crippen molar-refractivity contribution in [2.45, 2.75) is 19.3 Å². The van der Waals surface area contributed by atoms with Crippen LogP contribution < -0.4 is 10.6 Å². The van der Waals surface area contributed by atoms with Gasteiger partial charge in [-0.3, -0.25) is 9.79 Å². The molecule has 1 atom stereocenters. The number of hydrogen-bond donors (Lipinski definition) is 2. The molecule has 1 aliphatic rings. The van der Waals surface area contributed by atoms with Crippen molar-refractivity contribution in [1.82, 2.24) is 15.5 Å². The SMILES string of the molecule is CN=C(NCCNC(=O)c1ccc(C)c(F)c1)N1CCC(c2ccccc2)C1.I. The van der Waals surface area contributed by atoms with Crippen molar-refractivity contribution in [3.63, 3.8) is 0 Å². The first-order valence-corrected chi connectivity index (χ1v) is 9.63. The molecule has 0 radical (unpaired) electrons. The lowest BCUT2D eigenvalue weighted by Gasteiger charge is -2.22. The van der Waals surface area contributed by atoms with Crippen molar-refractivity contribution in [2.75, 3.05) is 33.2 Å². The maximum atomic E-state index is 13.6. The number of rotatable bonds is 5. The van der Waals surface area contributed by atoms with Crippen molar-refractivity contribution in [1.29, 1.82) is 0 Å². The Bertz CT molecular complexity index is 844. The van der Waals surface area contributed by atoms with Crippen LogP contribution in [0.1, 0.15) is 33.8 Å². The van der Waals surface area contributed by atoms with Crippen molar-refractivity contribution in [3.05, 3.63) is 71.0 Å². The maximum absolute atomic E-state index is 13.6. The fourth-order valence-electron chi connectivity index (χ4n) is 3.47. The van der Waals surface area contributed by atoms with Gasteiger partial charge in [-0.2, -0.15) is 0 Å². The molecule has 2 N–H and O–H groups in total. The van der Waals surface area contributed by atoms with E-state index >= 15 is 0 Å². The number of amides is 1. The largest absolute Gasteiger partial charge is 0.354 e. The van der Waals surface area contributed by atoms with Gasteiger partial charge in [-0.15, -0.1) is 24.0 Å². The minimum Gasteiger partial charge on any atom is -0.354 e. The summed E-state index contributed by atoms with van der Waals surface area (Å²) in [6, 6.07) is 15.1. The Labute approximate surface area is 188 Å². The van der Waals surface area contributed by atoms with Crippen LogP contribution in [0, 0.1) is 12.7 Å². The second-order valence-electron chi connectivity index (χ2n) is 7.04. The normalized spacial score (nSPS) is 16.3. The zero-order valence-corrected chi connectivity index (χ0v) is 19.2. The third-order valence-corrected chi connectivity index (χ3v) is 5.10. The zero-order valence-electron chi connectivity index (χ0n) is 16.8. The fourth-order valence-corrected chi connectivity index (χ4v) is 3.47. The highest BCUT2D eigenvalue weighted by atomic mass is 127. The molecule has 29 heavy (non-hydrogen) atoms. The number of aryl methyl sites for hydroxylation is 1. The number of halogens is 2. The van der Waals surface area contributed by atoms with E-state index in [0.29, 0.717) is 30.1 Å². The molecular formula is C22H28FIN4O. The van der Waals surface area contributed by atoms with E-state index in [1.54, 1.807) is 26.1 Å². The summed E-state index contributed by atoms with van der Waals surface area (Å²) < 4.78 is 13.6. The predicted molar refractivity (Wildman–Crippen MR) is 126 cm³/mol. The lowest BCUT2D eigenvalue weighted by atomic mass is 9.99. The Hall–Kier alpha value is -2.16. The van der Waals surface area contributed by atoms with Gasteiger partial charge in [-0.25, -0.2) is 4.39 Å². The molecule has 1 saturated heterocycles. The zero-order chi connectivity index (χ0) is 19.9. The first-order valence-electron chi connectivity index (χ1n) is 9.63. The summed E-state index contributed by atoms with van der Waals surface area (Å²) in [7, 11) is 1.77. The predicted octanol–water partition coefficient (Wildman–Crippen LogP) is 3.55. The van der Waals surface area contributed by atoms with Crippen LogP contribution in [0.25, 0.3) is 0 Å². The van der Waals surface area contributed by atoms with Crippen molar-refractivity contribution >= 4 is 35.8 Å². The highest BCUT2D eigenvalue weighted by Gasteiger charge is 2.25. The summed E-state index contributed by atoms with van der Waals surface area (Å²) in [4.78, 5) is 18.7. The molecule has 3 rings (SSSR count). The Morgan fingerprint density at radius 2 is 1.90 bits per heavy atom. The lowest BCUT2D eigenvalue weighted by molar-refractivity contribution is 0.0954. The first-order chi connectivity index (χ1) is 13.6. The number of carbonyl (C=O) groups is 1. The molecule has 1 unspecified atom stereocenters. The van der Waals surface area contributed by atoms with Gasteiger partial charge in [-0.05, 0) is 36.6 Å². The van der Waals surface area contributed by atoms with Crippen molar-refractivity contribution < 1.29 is 9.18 Å². The molecule has 0 spiro atoms. The molecule has 1 heterocycles. The summed E-state index contributed by atoms with van der Waals surface area (Å²) in [5, 5.41) is 6.11. The second-order valence-corrected chi connectivity index (χ2v) is 7.04. The van der Waals surface area contributed by atoms with Gasteiger partial charge in [-0.1, -0.05) is 36.4 Å². The lowest BCUT2D eigenvalue weighted by Crippen LogP contribution is -2.43. The number of likely N-dealkylation sites (tertiary alicyclic amines) is 1. The van der Waals surface area contributed by atoms with Gasteiger partial charge in [0.05, 0.1) is 0 Å². The molecule has 1 fully saturated rings. The molecule has 1 amide bonds. The average molecular weight is 510 g/mol. The number of benzene rings is 2. The maximum Gasteiger partial charge on any atom is 0.251 e. The van der Waals surface area contributed by atoms with Gasteiger partial charge in [0, 0.05) is 44.7 Å². The van der Waals surface area contributed by atoms with E-state index in [4.69, 9.17) is 0 Å². The standard InChI is InChI=1S/C22H27FN4O.HI/c1-16-8-9-18(14-20(16)23)21(28)25-11-12-26-22(24-2)27-13-10-19(15-27)17-6-4-3-5-7-17;/h3-9,14,19H,10-13,15H2,1-2H3,(H,24,26)(H,25,28);1H. The van der Waals surface area contributed by atoms with Crippen LogP contribution in [0.15, 0.2) is 53.5 Å². The third-order valence-electron chi connectivity index (χ3n) is 5.10. The van der Waals surface area contributed by atoms with Crippen LogP contribution in [0.4, 0.5) is 4.39 Å². The molecule has 7 heteroatoms. The number of nitrogens with zero attached hydrogens (tertiary/aromatic N) is 2.